The topological polar surface area (TPSA) is 35.2 Å². The van der Waals surface area contributed by atoms with Gasteiger partial charge in [-0.15, -0.1) is 0 Å². The third-order valence-corrected chi connectivity index (χ3v) is 2.53. The molecule has 17 heavy (non-hydrogen) atoms. The molecule has 0 saturated heterocycles. The van der Waals surface area contributed by atoms with Crippen LogP contribution in [0, 0.1) is 5.82 Å². The van der Waals surface area contributed by atoms with Gasteiger partial charge in [0.25, 0.3) is 0 Å². The smallest absolute Gasteiger partial charge is 0.123 e. The summed E-state index contributed by atoms with van der Waals surface area (Å²) in [4.78, 5) is 0. The Kier molecular flexibility index (Phi) is 3.73. The van der Waals surface area contributed by atoms with Crippen molar-refractivity contribution >= 4 is 0 Å². The van der Waals surface area contributed by atoms with Crippen molar-refractivity contribution in [3.05, 3.63) is 65.5 Å². The van der Waals surface area contributed by atoms with Crippen LogP contribution in [0.5, 0.6) is 5.75 Å². The summed E-state index contributed by atoms with van der Waals surface area (Å²) < 4.78 is 18.7. The average molecular weight is 231 g/mol. The summed E-state index contributed by atoms with van der Waals surface area (Å²) in [7, 11) is 0. The Hall–Kier alpha value is -1.87. The first-order valence-electron chi connectivity index (χ1n) is 5.45. The SMILES string of the molecule is NCc1ccc(F)cc1COc1ccccc1. The Morgan fingerprint density at radius 3 is 2.47 bits per heavy atom. The van der Waals surface area contributed by atoms with Crippen molar-refractivity contribution in [2.45, 2.75) is 13.2 Å². The van der Waals surface area contributed by atoms with Gasteiger partial charge in [0.05, 0.1) is 0 Å². The summed E-state index contributed by atoms with van der Waals surface area (Å²) in [6.07, 6.45) is 0. The number of ether oxygens (including phenoxy) is 1. The second kappa shape index (κ2) is 5.46. The molecular formula is C14H14FNO. The van der Waals surface area contributed by atoms with Crippen LogP contribution < -0.4 is 10.5 Å². The summed E-state index contributed by atoms with van der Waals surface area (Å²) in [5.41, 5.74) is 7.28. The molecule has 0 aromatic heterocycles. The highest BCUT2D eigenvalue weighted by atomic mass is 19.1. The maximum atomic E-state index is 13.1. The quantitative estimate of drug-likeness (QED) is 0.878. The molecule has 0 spiro atoms. The zero-order chi connectivity index (χ0) is 12.1. The molecule has 2 rings (SSSR count). The van der Waals surface area contributed by atoms with Crippen LogP contribution in [0.2, 0.25) is 0 Å². The molecule has 0 aliphatic carbocycles. The van der Waals surface area contributed by atoms with Crippen molar-refractivity contribution in [2.75, 3.05) is 0 Å². The number of nitrogens with two attached hydrogens (primary N) is 1. The minimum Gasteiger partial charge on any atom is -0.489 e. The number of para-hydroxylation sites is 1. The van der Waals surface area contributed by atoms with Crippen LogP contribution in [-0.4, -0.2) is 0 Å². The first-order chi connectivity index (χ1) is 8.29. The molecule has 2 aromatic carbocycles. The van der Waals surface area contributed by atoms with Crippen LogP contribution >= 0.6 is 0 Å². The maximum Gasteiger partial charge on any atom is 0.123 e. The van der Waals surface area contributed by atoms with Crippen molar-refractivity contribution in [1.82, 2.24) is 0 Å². The largest absolute Gasteiger partial charge is 0.489 e. The monoisotopic (exact) mass is 231 g/mol. The van der Waals surface area contributed by atoms with Crippen LogP contribution in [0.3, 0.4) is 0 Å². The summed E-state index contributed by atoms with van der Waals surface area (Å²) in [6, 6.07) is 14.0. The van der Waals surface area contributed by atoms with Crippen molar-refractivity contribution in [3.8, 4) is 5.75 Å². The van der Waals surface area contributed by atoms with E-state index in [1.165, 1.54) is 12.1 Å². The molecule has 0 bridgehead atoms. The number of rotatable bonds is 4. The van der Waals surface area contributed by atoms with Crippen LogP contribution in [0.25, 0.3) is 0 Å². The molecule has 2 aromatic rings. The van der Waals surface area contributed by atoms with Gasteiger partial charge in [-0.2, -0.15) is 0 Å². The molecule has 0 aliphatic rings. The van der Waals surface area contributed by atoms with Gasteiger partial charge in [-0.1, -0.05) is 24.3 Å². The van der Waals surface area contributed by atoms with Gasteiger partial charge in [0.1, 0.15) is 18.2 Å². The number of hydrogen-bond acceptors (Lipinski definition) is 2. The molecule has 88 valence electrons. The highest BCUT2D eigenvalue weighted by Gasteiger charge is 2.03. The van der Waals surface area contributed by atoms with Crippen LogP contribution in [0.1, 0.15) is 11.1 Å². The van der Waals surface area contributed by atoms with E-state index in [0.717, 1.165) is 16.9 Å². The predicted molar refractivity (Wildman–Crippen MR) is 65.1 cm³/mol. The normalized spacial score (nSPS) is 10.2. The Morgan fingerprint density at radius 2 is 1.76 bits per heavy atom. The number of benzene rings is 2. The Bertz CT molecular complexity index is 485. The van der Waals surface area contributed by atoms with E-state index in [-0.39, 0.29) is 5.82 Å². The molecule has 0 radical (unpaired) electrons. The highest BCUT2D eigenvalue weighted by molar-refractivity contribution is 5.28. The van der Waals surface area contributed by atoms with E-state index >= 15 is 0 Å². The zero-order valence-electron chi connectivity index (χ0n) is 9.40. The van der Waals surface area contributed by atoms with Crippen LogP contribution in [-0.2, 0) is 13.2 Å². The molecule has 0 unspecified atom stereocenters. The number of halogens is 1. The maximum absolute atomic E-state index is 13.1. The fourth-order valence-electron chi connectivity index (χ4n) is 1.61. The lowest BCUT2D eigenvalue weighted by Crippen LogP contribution is -2.05. The van der Waals surface area contributed by atoms with Gasteiger partial charge in [-0.25, -0.2) is 4.39 Å². The summed E-state index contributed by atoms with van der Waals surface area (Å²) in [6.45, 7) is 0.710. The Balaban J connectivity index is 2.11. The molecule has 2 nitrogen and oxygen atoms in total. The third kappa shape index (κ3) is 3.04. The van der Waals surface area contributed by atoms with Crippen LogP contribution in [0.4, 0.5) is 4.39 Å². The third-order valence-electron chi connectivity index (χ3n) is 2.53. The summed E-state index contributed by atoms with van der Waals surface area (Å²) in [5, 5.41) is 0. The molecule has 0 amide bonds. The molecule has 0 aliphatic heterocycles. The van der Waals surface area contributed by atoms with Crippen molar-refractivity contribution in [2.24, 2.45) is 5.73 Å². The van der Waals surface area contributed by atoms with Crippen molar-refractivity contribution < 1.29 is 9.13 Å². The summed E-state index contributed by atoms with van der Waals surface area (Å²) in [5.74, 6) is 0.494. The molecule has 0 atom stereocenters. The Morgan fingerprint density at radius 1 is 1.00 bits per heavy atom. The second-order valence-electron chi connectivity index (χ2n) is 3.72. The van der Waals surface area contributed by atoms with Gasteiger partial charge in [-0.3, -0.25) is 0 Å². The van der Waals surface area contributed by atoms with E-state index in [0.29, 0.717) is 13.2 Å². The molecule has 2 N–H and O–H groups in total. The summed E-state index contributed by atoms with van der Waals surface area (Å²) >= 11 is 0. The van der Waals surface area contributed by atoms with Gasteiger partial charge in [0.2, 0.25) is 0 Å². The molecular weight excluding hydrogens is 217 g/mol. The molecule has 0 fully saturated rings. The van der Waals surface area contributed by atoms with Gasteiger partial charge in [0, 0.05) is 6.54 Å². The lowest BCUT2D eigenvalue weighted by molar-refractivity contribution is 0.304. The van der Waals surface area contributed by atoms with E-state index in [2.05, 4.69) is 0 Å². The van der Waals surface area contributed by atoms with Gasteiger partial charge >= 0.3 is 0 Å². The molecule has 3 heteroatoms. The minimum absolute atomic E-state index is 0.270. The highest BCUT2D eigenvalue weighted by Crippen LogP contribution is 2.15. The fourth-order valence-corrected chi connectivity index (χ4v) is 1.61. The van der Waals surface area contributed by atoms with E-state index < -0.39 is 0 Å². The fraction of sp³-hybridized carbons (Fsp3) is 0.143. The Labute approximate surface area is 99.8 Å². The second-order valence-corrected chi connectivity index (χ2v) is 3.72. The molecule has 0 heterocycles. The molecule has 0 saturated carbocycles. The van der Waals surface area contributed by atoms with Crippen molar-refractivity contribution in [3.63, 3.8) is 0 Å². The van der Waals surface area contributed by atoms with Gasteiger partial charge in [-0.05, 0) is 35.4 Å². The first-order valence-corrected chi connectivity index (χ1v) is 5.45. The lowest BCUT2D eigenvalue weighted by Gasteiger charge is -2.10. The average Bonchev–Trinajstić information content (AvgIpc) is 2.38. The number of hydrogen-bond donors (Lipinski definition) is 1. The van der Waals surface area contributed by atoms with Crippen molar-refractivity contribution in [1.29, 1.82) is 0 Å². The standard InChI is InChI=1S/C14H14FNO/c15-13-7-6-11(9-16)12(8-13)10-17-14-4-2-1-3-5-14/h1-8H,9-10,16H2. The zero-order valence-corrected chi connectivity index (χ0v) is 9.40. The van der Waals surface area contributed by atoms with E-state index in [9.17, 15) is 4.39 Å². The van der Waals surface area contributed by atoms with Gasteiger partial charge in [0.15, 0.2) is 0 Å². The minimum atomic E-state index is -0.270. The van der Waals surface area contributed by atoms with E-state index in [1.54, 1.807) is 6.07 Å². The van der Waals surface area contributed by atoms with Gasteiger partial charge < -0.3 is 10.5 Å². The first kappa shape index (κ1) is 11.6. The van der Waals surface area contributed by atoms with Crippen LogP contribution in [0.15, 0.2) is 48.5 Å². The lowest BCUT2D eigenvalue weighted by atomic mass is 10.1. The van der Waals surface area contributed by atoms with E-state index in [1.807, 2.05) is 30.3 Å². The van der Waals surface area contributed by atoms with E-state index in [4.69, 9.17) is 10.5 Å². The predicted octanol–water partition coefficient (Wildman–Crippen LogP) is 2.86.